The fourth-order valence-electron chi connectivity index (χ4n) is 2.01. The standard InChI is InChI=1S/C15H13FN2S2/c1-9-8-19-15(17-9)14-13(18-10(2)20-14)11-4-3-5-12(16)7-6-11/h4-8H,3H2,1-2H3. The summed E-state index contributed by atoms with van der Waals surface area (Å²) in [5.41, 5.74) is 2.88. The van der Waals surface area contributed by atoms with Crippen molar-refractivity contribution in [3.63, 3.8) is 0 Å². The number of allylic oxidation sites excluding steroid dienone is 6. The molecule has 0 fully saturated rings. The van der Waals surface area contributed by atoms with Crippen LogP contribution in [0, 0.1) is 13.8 Å². The number of hydrogen-bond donors (Lipinski definition) is 0. The van der Waals surface area contributed by atoms with Crippen molar-refractivity contribution in [3.8, 4) is 9.88 Å². The van der Waals surface area contributed by atoms with Gasteiger partial charge in [-0.2, -0.15) is 0 Å². The van der Waals surface area contributed by atoms with Gasteiger partial charge >= 0.3 is 0 Å². The molecule has 0 spiro atoms. The molecule has 3 rings (SSSR count). The minimum absolute atomic E-state index is 0.199. The van der Waals surface area contributed by atoms with Crippen molar-refractivity contribution in [2.75, 3.05) is 0 Å². The molecule has 5 heteroatoms. The quantitative estimate of drug-likeness (QED) is 0.773. The van der Waals surface area contributed by atoms with Crippen molar-refractivity contribution in [1.29, 1.82) is 0 Å². The zero-order valence-corrected chi connectivity index (χ0v) is 12.8. The molecule has 20 heavy (non-hydrogen) atoms. The molecule has 0 aliphatic heterocycles. The van der Waals surface area contributed by atoms with E-state index in [9.17, 15) is 4.39 Å². The first-order valence-electron chi connectivity index (χ1n) is 6.27. The van der Waals surface area contributed by atoms with Gasteiger partial charge in [0.05, 0.1) is 15.6 Å². The Balaban J connectivity index is 2.07. The Morgan fingerprint density at radius 3 is 2.75 bits per heavy atom. The van der Waals surface area contributed by atoms with Gasteiger partial charge in [-0.25, -0.2) is 14.4 Å². The topological polar surface area (TPSA) is 25.8 Å². The molecule has 0 saturated heterocycles. The average molecular weight is 304 g/mol. The van der Waals surface area contributed by atoms with Gasteiger partial charge in [-0.15, -0.1) is 22.7 Å². The van der Waals surface area contributed by atoms with Crippen LogP contribution in [0.15, 0.2) is 35.5 Å². The highest BCUT2D eigenvalue weighted by atomic mass is 32.1. The van der Waals surface area contributed by atoms with Gasteiger partial charge < -0.3 is 0 Å². The molecule has 0 bridgehead atoms. The van der Waals surface area contributed by atoms with Gasteiger partial charge in [-0.05, 0) is 38.0 Å². The van der Waals surface area contributed by atoms with E-state index in [1.807, 2.05) is 25.3 Å². The molecule has 0 saturated carbocycles. The molecule has 2 aromatic heterocycles. The number of aromatic nitrogens is 2. The minimum atomic E-state index is -0.199. The lowest BCUT2D eigenvalue weighted by molar-refractivity contribution is 0.663. The van der Waals surface area contributed by atoms with Gasteiger partial charge in [0.15, 0.2) is 0 Å². The summed E-state index contributed by atoms with van der Waals surface area (Å²) in [5, 5.41) is 4.01. The van der Waals surface area contributed by atoms with Crippen molar-refractivity contribution >= 4 is 28.2 Å². The largest absolute Gasteiger partial charge is 0.241 e. The Labute approximate surface area is 125 Å². The summed E-state index contributed by atoms with van der Waals surface area (Å²) in [5.74, 6) is -0.199. The van der Waals surface area contributed by atoms with Gasteiger partial charge in [0.2, 0.25) is 0 Å². The second-order valence-corrected chi connectivity index (χ2v) is 6.58. The lowest BCUT2D eigenvalue weighted by atomic mass is 10.1. The lowest BCUT2D eigenvalue weighted by Crippen LogP contribution is -1.86. The summed E-state index contributed by atoms with van der Waals surface area (Å²) >= 11 is 3.25. The Morgan fingerprint density at radius 1 is 1.15 bits per heavy atom. The Morgan fingerprint density at radius 2 is 2.00 bits per heavy atom. The van der Waals surface area contributed by atoms with Crippen LogP contribution in [0.2, 0.25) is 0 Å². The second-order valence-electron chi connectivity index (χ2n) is 4.52. The predicted octanol–water partition coefficient (Wildman–Crippen LogP) is 5.08. The number of aryl methyl sites for hydroxylation is 2. The first-order valence-corrected chi connectivity index (χ1v) is 7.97. The van der Waals surface area contributed by atoms with Gasteiger partial charge in [0, 0.05) is 11.1 Å². The third-order valence-electron chi connectivity index (χ3n) is 2.89. The van der Waals surface area contributed by atoms with Gasteiger partial charge in [0.1, 0.15) is 10.8 Å². The van der Waals surface area contributed by atoms with E-state index in [0.717, 1.165) is 31.9 Å². The van der Waals surface area contributed by atoms with Crippen molar-refractivity contribution in [2.45, 2.75) is 20.3 Å². The zero-order chi connectivity index (χ0) is 14.1. The molecule has 1 aliphatic carbocycles. The first kappa shape index (κ1) is 13.4. The summed E-state index contributed by atoms with van der Waals surface area (Å²) in [6.45, 7) is 3.97. The first-order chi connectivity index (χ1) is 9.63. The molecule has 0 N–H and O–H groups in total. The van der Waals surface area contributed by atoms with Crippen molar-refractivity contribution in [2.24, 2.45) is 0 Å². The smallest absolute Gasteiger partial charge is 0.135 e. The monoisotopic (exact) mass is 304 g/mol. The van der Waals surface area contributed by atoms with Crippen molar-refractivity contribution in [1.82, 2.24) is 9.97 Å². The summed E-state index contributed by atoms with van der Waals surface area (Å²) in [6, 6.07) is 0. The molecule has 0 atom stereocenters. The van der Waals surface area contributed by atoms with Gasteiger partial charge in [-0.3, -0.25) is 0 Å². The number of nitrogens with zero attached hydrogens (tertiary/aromatic N) is 2. The van der Waals surface area contributed by atoms with Gasteiger partial charge in [-0.1, -0.05) is 12.2 Å². The summed E-state index contributed by atoms with van der Waals surface area (Å²) in [6.07, 6.45) is 7.43. The highest BCUT2D eigenvalue weighted by Crippen LogP contribution is 2.37. The van der Waals surface area contributed by atoms with Crippen molar-refractivity contribution < 1.29 is 4.39 Å². The van der Waals surface area contributed by atoms with Crippen LogP contribution in [-0.2, 0) is 0 Å². The second kappa shape index (κ2) is 5.42. The fraction of sp³-hybridized carbons (Fsp3) is 0.200. The van der Waals surface area contributed by atoms with Crippen LogP contribution in [0.3, 0.4) is 0 Å². The Bertz CT molecular complexity index is 735. The third-order valence-corrected chi connectivity index (χ3v) is 4.98. The van der Waals surface area contributed by atoms with Crippen molar-refractivity contribution in [3.05, 3.63) is 51.9 Å². The molecule has 0 aromatic carbocycles. The molecule has 102 valence electrons. The van der Waals surface area contributed by atoms with E-state index >= 15 is 0 Å². The van der Waals surface area contributed by atoms with Crippen LogP contribution >= 0.6 is 22.7 Å². The fourth-order valence-corrected chi connectivity index (χ4v) is 3.84. The third kappa shape index (κ3) is 2.64. The average Bonchev–Trinajstić information content (AvgIpc) is 2.93. The number of hydrogen-bond acceptors (Lipinski definition) is 4. The van der Waals surface area contributed by atoms with E-state index in [4.69, 9.17) is 0 Å². The predicted molar refractivity (Wildman–Crippen MR) is 83.6 cm³/mol. The van der Waals surface area contributed by atoms with E-state index in [1.165, 1.54) is 6.08 Å². The Kier molecular flexibility index (Phi) is 3.63. The van der Waals surface area contributed by atoms with E-state index in [0.29, 0.717) is 6.42 Å². The maximum atomic E-state index is 13.3. The maximum absolute atomic E-state index is 13.3. The van der Waals surface area contributed by atoms with Crippen LogP contribution in [0.4, 0.5) is 4.39 Å². The zero-order valence-electron chi connectivity index (χ0n) is 11.2. The minimum Gasteiger partial charge on any atom is -0.241 e. The normalized spacial score (nSPS) is 14.9. The van der Waals surface area contributed by atoms with E-state index in [1.54, 1.807) is 34.8 Å². The van der Waals surface area contributed by atoms with Crippen LogP contribution in [0.5, 0.6) is 0 Å². The van der Waals surface area contributed by atoms with Gasteiger partial charge in [0.25, 0.3) is 0 Å². The summed E-state index contributed by atoms with van der Waals surface area (Å²) < 4.78 is 13.3. The summed E-state index contributed by atoms with van der Waals surface area (Å²) in [4.78, 5) is 10.2. The van der Waals surface area contributed by atoms with E-state index < -0.39 is 0 Å². The maximum Gasteiger partial charge on any atom is 0.135 e. The van der Waals surface area contributed by atoms with Crippen LogP contribution in [0.1, 0.15) is 22.8 Å². The molecular formula is C15H13FN2S2. The van der Waals surface area contributed by atoms with E-state index in [2.05, 4.69) is 9.97 Å². The Hall–Kier alpha value is -1.59. The molecule has 0 unspecified atom stereocenters. The number of rotatable bonds is 2. The van der Waals surface area contributed by atoms with Crippen LogP contribution in [0.25, 0.3) is 15.5 Å². The number of thiazole rings is 2. The van der Waals surface area contributed by atoms with Crippen LogP contribution in [-0.4, -0.2) is 9.97 Å². The molecule has 0 radical (unpaired) electrons. The molecule has 2 aromatic rings. The molecule has 1 aliphatic rings. The SMILES string of the molecule is Cc1csc(-c2sc(C)nc2C2=CCC=C(F)C=C2)n1. The highest BCUT2D eigenvalue weighted by Gasteiger charge is 2.16. The molecule has 2 heterocycles. The summed E-state index contributed by atoms with van der Waals surface area (Å²) in [7, 11) is 0. The molecule has 0 amide bonds. The van der Waals surface area contributed by atoms with E-state index in [-0.39, 0.29) is 5.83 Å². The van der Waals surface area contributed by atoms with Crippen LogP contribution < -0.4 is 0 Å². The highest BCUT2D eigenvalue weighted by molar-refractivity contribution is 7.21. The molecule has 2 nitrogen and oxygen atoms in total. The molecular weight excluding hydrogens is 291 g/mol. The number of halogens is 1. The lowest BCUT2D eigenvalue weighted by Gasteiger charge is -2.00.